The van der Waals surface area contributed by atoms with Crippen LogP contribution in [0.3, 0.4) is 0 Å². The van der Waals surface area contributed by atoms with Crippen molar-refractivity contribution in [1.82, 2.24) is 10.3 Å². The van der Waals surface area contributed by atoms with E-state index in [-0.39, 0.29) is 11.8 Å². The fraction of sp³-hybridized carbons (Fsp3) is 0.533. The molecule has 1 aliphatic rings. The number of aromatic nitrogens is 1. The Bertz CT molecular complexity index is 486. The Hall–Kier alpha value is -1.89. The average Bonchev–Trinajstić information content (AvgIpc) is 2.45. The molecule has 1 aliphatic carbocycles. The van der Waals surface area contributed by atoms with E-state index in [1.54, 1.807) is 12.1 Å². The molecule has 1 fully saturated rings. The number of hydrogen-bond donors (Lipinski definition) is 1. The molecule has 1 saturated carbocycles. The first-order valence-corrected chi connectivity index (χ1v) is 6.85. The zero-order valence-corrected chi connectivity index (χ0v) is 11.2. The number of pyridine rings is 1. The molecule has 4 nitrogen and oxygen atoms in total. The Morgan fingerprint density at radius 3 is 2.79 bits per heavy atom. The molecule has 0 saturated heterocycles. The van der Waals surface area contributed by atoms with Gasteiger partial charge in [0.15, 0.2) is 0 Å². The van der Waals surface area contributed by atoms with E-state index in [4.69, 9.17) is 0 Å². The predicted molar refractivity (Wildman–Crippen MR) is 72.4 cm³/mol. The summed E-state index contributed by atoms with van der Waals surface area (Å²) in [6.07, 6.45) is 5.60. The first-order chi connectivity index (χ1) is 9.20. The van der Waals surface area contributed by atoms with Crippen molar-refractivity contribution in [2.24, 2.45) is 5.92 Å². The molecule has 1 N–H and O–H groups in total. The molecule has 1 heterocycles. The summed E-state index contributed by atoms with van der Waals surface area (Å²) in [7, 11) is 0. The van der Waals surface area contributed by atoms with Gasteiger partial charge in [0.05, 0.1) is 6.07 Å². The standard InChI is InChI=1S/C15H19N3O/c1-11-6-5-9-13(17-11)15(19)18-14(10-16)12-7-3-2-4-8-12/h5-6,9,12,14H,2-4,7-8H2,1H3,(H,18,19). The van der Waals surface area contributed by atoms with Crippen LogP contribution in [0.2, 0.25) is 0 Å². The highest BCUT2D eigenvalue weighted by Gasteiger charge is 2.25. The van der Waals surface area contributed by atoms with Gasteiger partial charge >= 0.3 is 0 Å². The summed E-state index contributed by atoms with van der Waals surface area (Å²) in [5, 5.41) is 12.1. The number of amides is 1. The van der Waals surface area contributed by atoms with Crippen LogP contribution in [0.25, 0.3) is 0 Å². The number of aryl methyl sites for hydroxylation is 1. The number of hydrogen-bond acceptors (Lipinski definition) is 3. The van der Waals surface area contributed by atoms with E-state index in [0.717, 1.165) is 31.4 Å². The molecule has 100 valence electrons. The van der Waals surface area contributed by atoms with Crippen LogP contribution in [0, 0.1) is 24.2 Å². The van der Waals surface area contributed by atoms with Crippen molar-refractivity contribution in [3.63, 3.8) is 0 Å². The second-order valence-corrected chi connectivity index (χ2v) is 5.14. The minimum atomic E-state index is -0.393. The highest BCUT2D eigenvalue weighted by Crippen LogP contribution is 2.26. The number of nitriles is 1. The maximum atomic E-state index is 12.1. The Kier molecular flexibility index (Phi) is 4.51. The van der Waals surface area contributed by atoms with Crippen molar-refractivity contribution < 1.29 is 4.79 Å². The summed E-state index contributed by atoms with van der Waals surface area (Å²) < 4.78 is 0. The third-order valence-electron chi connectivity index (χ3n) is 3.67. The average molecular weight is 257 g/mol. The van der Waals surface area contributed by atoms with Gasteiger partial charge in [-0.05, 0) is 37.8 Å². The van der Waals surface area contributed by atoms with E-state index < -0.39 is 6.04 Å². The van der Waals surface area contributed by atoms with E-state index in [1.807, 2.05) is 13.0 Å². The monoisotopic (exact) mass is 257 g/mol. The van der Waals surface area contributed by atoms with E-state index in [2.05, 4.69) is 16.4 Å². The first kappa shape index (κ1) is 13.5. The van der Waals surface area contributed by atoms with Gasteiger partial charge in [-0.15, -0.1) is 0 Å². The molecule has 2 rings (SSSR count). The Morgan fingerprint density at radius 1 is 1.42 bits per heavy atom. The molecule has 1 amide bonds. The molecule has 0 aromatic carbocycles. The van der Waals surface area contributed by atoms with Crippen molar-refractivity contribution in [3.8, 4) is 6.07 Å². The van der Waals surface area contributed by atoms with E-state index >= 15 is 0 Å². The number of rotatable bonds is 3. The first-order valence-electron chi connectivity index (χ1n) is 6.85. The quantitative estimate of drug-likeness (QED) is 0.905. The van der Waals surface area contributed by atoms with Crippen molar-refractivity contribution in [2.45, 2.75) is 45.1 Å². The predicted octanol–water partition coefficient (Wildman–Crippen LogP) is 2.59. The molecule has 19 heavy (non-hydrogen) atoms. The van der Waals surface area contributed by atoms with Crippen molar-refractivity contribution in [1.29, 1.82) is 5.26 Å². The summed E-state index contributed by atoms with van der Waals surface area (Å²) in [5.41, 5.74) is 1.19. The fourth-order valence-corrected chi connectivity index (χ4v) is 2.61. The highest BCUT2D eigenvalue weighted by atomic mass is 16.1. The highest BCUT2D eigenvalue weighted by molar-refractivity contribution is 5.92. The number of carbonyl (C=O) groups excluding carboxylic acids is 1. The lowest BCUT2D eigenvalue weighted by Gasteiger charge is -2.26. The van der Waals surface area contributed by atoms with Gasteiger partial charge in [0.25, 0.3) is 5.91 Å². The van der Waals surface area contributed by atoms with Crippen LogP contribution in [-0.4, -0.2) is 16.9 Å². The van der Waals surface area contributed by atoms with Crippen LogP contribution in [-0.2, 0) is 0 Å². The minimum absolute atomic E-state index is 0.249. The molecule has 1 aromatic rings. The SMILES string of the molecule is Cc1cccc(C(=O)NC(C#N)C2CCCCC2)n1. The molecule has 1 unspecified atom stereocenters. The Labute approximate surface area is 113 Å². The summed E-state index contributed by atoms with van der Waals surface area (Å²) in [6.45, 7) is 1.85. The van der Waals surface area contributed by atoms with E-state index in [9.17, 15) is 10.1 Å². The topological polar surface area (TPSA) is 65.8 Å². The van der Waals surface area contributed by atoms with Gasteiger partial charge in [-0.2, -0.15) is 5.26 Å². The molecule has 1 atom stereocenters. The summed E-state index contributed by atoms with van der Waals surface area (Å²) >= 11 is 0. The lowest BCUT2D eigenvalue weighted by atomic mass is 9.84. The molecular formula is C15H19N3O. The molecular weight excluding hydrogens is 238 g/mol. The van der Waals surface area contributed by atoms with Gasteiger partial charge in [-0.3, -0.25) is 4.79 Å². The molecule has 0 spiro atoms. The zero-order valence-electron chi connectivity index (χ0n) is 11.2. The van der Waals surface area contributed by atoms with Crippen LogP contribution >= 0.6 is 0 Å². The van der Waals surface area contributed by atoms with Crippen molar-refractivity contribution in [2.75, 3.05) is 0 Å². The third kappa shape index (κ3) is 3.54. The van der Waals surface area contributed by atoms with Gasteiger partial charge in [-0.1, -0.05) is 25.3 Å². The Morgan fingerprint density at radius 2 is 2.16 bits per heavy atom. The van der Waals surface area contributed by atoms with Crippen LogP contribution in [0.5, 0.6) is 0 Å². The largest absolute Gasteiger partial charge is 0.335 e. The van der Waals surface area contributed by atoms with Crippen LogP contribution in [0.1, 0.15) is 48.3 Å². The molecule has 4 heteroatoms. The second kappa shape index (κ2) is 6.33. The lowest BCUT2D eigenvalue weighted by Crippen LogP contribution is -2.40. The van der Waals surface area contributed by atoms with Crippen LogP contribution in [0.15, 0.2) is 18.2 Å². The summed E-state index contributed by atoms with van der Waals surface area (Å²) in [5.74, 6) is 0.0355. The number of nitrogens with one attached hydrogen (secondary N) is 1. The third-order valence-corrected chi connectivity index (χ3v) is 3.67. The van der Waals surface area contributed by atoms with Gasteiger partial charge in [0, 0.05) is 5.69 Å². The zero-order chi connectivity index (χ0) is 13.7. The fourth-order valence-electron chi connectivity index (χ4n) is 2.61. The normalized spacial score (nSPS) is 17.5. The molecule has 0 bridgehead atoms. The smallest absolute Gasteiger partial charge is 0.270 e. The maximum Gasteiger partial charge on any atom is 0.270 e. The van der Waals surface area contributed by atoms with Crippen molar-refractivity contribution >= 4 is 5.91 Å². The molecule has 0 radical (unpaired) electrons. The van der Waals surface area contributed by atoms with Crippen LogP contribution in [0.4, 0.5) is 0 Å². The van der Waals surface area contributed by atoms with Gasteiger partial charge in [0.2, 0.25) is 0 Å². The maximum absolute atomic E-state index is 12.1. The number of carbonyl (C=O) groups is 1. The lowest BCUT2D eigenvalue weighted by molar-refractivity contribution is 0.0923. The van der Waals surface area contributed by atoms with E-state index in [1.165, 1.54) is 6.42 Å². The van der Waals surface area contributed by atoms with Gasteiger partial charge in [0.1, 0.15) is 11.7 Å². The van der Waals surface area contributed by atoms with Crippen molar-refractivity contribution in [3.05, 3.63) is 29.6 Å². The second-order valence-electron chi connectivity index (χ2n) is 5.14. The minimum Gasteiger partial charge on any atom is -0.335 e. The Balaban J connectivity index is 2.02. The van der Waals surface area contributed by atoms with Crippen LogP contribution < -0.4 is 5.32 Å². The summed E-state index contributed by atoms with van der Waals surface area (Å²) in [6, 6.07) is 7.16. The van der Waals surface area contributed by atoms with Gasteiger partial charge in [-0.25, -0.2) is 4.98 Å². The summed E-state index contributed by atoms with van der Waals surface area (Å²) in [4.78, 5) is 16.3. The van der Waals surface area contributed by atoms with E-state index in [0.29, 0.717) is 5.69 Å². The number of nitrogens with zero attached hydrogens (tertiary/aromatic N) is 2. The van der Waals surface area contributed by atoms with Gasteiger partial charge < -0.3 is 5.32 Å². The molecule has 0 aliphatic heterocycles. The molecule has 1 aromatic heterocycles.